The van der Waals surface area contributed by atoms with Crippen LogP contribution in [0.4, 0.5) is 0 Å². The molecule has 0 fully saturated rings. The van der Waals surface area contributed by atoms with Gasteiger partial charge in [0.2, 0.25) is 0 Å². The third-order valence-corrected chi connectivity index (χ3v) is 6.10. The summed E-state index contributed by atoms with van der Waals surface area (Å²) in [5, 5.41) is 0. The first-order chi connectivity index (χ1) is 13.3. The molecule has 2 aromatic carbocycles. The SMILES string of the molecule is CSc1ccc(/C=c2\s/c(=C\C(=O)c3ccc(C(C)(C)C)cc3)[nH]c2=O)cc1. The van der Waals surface area contributed by atoms with Gasteiger partial charge in [0, 0.05) is 16.5 Å². The van der Waals surface area contributed by atoms with Gasteiger partial charge in [-0.15, -0.1) is 23.1 Å². The van der Waals surface area contributed by atoms with Crippen LogP contribution in [0.1, 0.15) is 42.3 Å². The van der Waals surface area contributed by atoms with Gasteiger partial charge >= 0.3 is 0 Å². The van der Waals surface area contributed by atoms with Gasteiger partial charge in [0.25, 0.3) is 5.56 Å². The van der Waals surface area contributed by atoms with Crippen molar-refractivity contribution < 1.29 is 4.79 Å². The molecule has 3 aromatic rings. The smallest absolute Gasteiger partial charge is 0.266 e. The van der Waals surface area contributed by atoms with Crippen molar-refractivity contribution >= 4 is 41.0 Å². The van der Waals surface area contributed by atoms with Crippen LogP contribution in [0.5, 0.6) is 0 Å². The Labute approximate surface area is 172 Å². The van der Waals surface area contributed by atoms with Crippen LogP contribution >= 0.6 is 23.1 Å². The van der Waals surface area contributed by atoms with E-state index < -0.39 is 0 Å². The number of ketones is 1. The van der Waals surface area contributed by atoms with E-state index in [0.717, 1.165) is 5.56 Å². The number of carbonyl (C=O) groups excluding carboxylic acids is 1. The summed E-state index contributed by atoms with van der Waals surface area (Å²) in [7, 11) is 0. The number of thiazole rings is 1. The third-order valence-electron chi connectivity index (χ3n) is 4.39. The predicted molar refractivity (Wildman–Crippen MR) is 120 cm³/mol. The summed E-state index contributed by atoms with van der Waals surface area (Å²) in [5.74, 6) is -0.117. The van der Waals surface area contributed by atoms with Gasteiger partial charge in [0.05, 0.1) is 9.20 Å². The van der Waals surface area contributed by atoms with E-state index in [9.17, 15) is 9.59 Å². The standard InChI is InChI=1S/C23H23NO2S2/c1-23(2,3)17-9-7-16(8-10-17)19(25)14-21-24-22(26)20(28-21)13-15-5-11-18(27-4)12-6-15/h5-14H,1-4H3,(H,24,26)/b20-13-,21-14-. The van der Waals surface area contributed by atoms with Crippen LogP contribution in [0.25, 0.3) is 12.2 Å². The molecule has 0 unspecified atom stereocenters. The summed E-state index contributed by atoms with van der Waals surface area (Å²) in [5.41, 5.74) is 2.61. The summed E-state index contributed by atoms with van der Waals surface area (Å²) >= 11 is 2.97. The predicted octanol–water partition coefficient (Wildman–Crippen LogP) is 3.95. The molecule has 3 rings (SSSR count). The molecule has 0 atom stereocenters. The number of benzene rings is 2. The normalized spacial score (nSPS) is 13.1. The molecular weight excluding hydrogens is 386 g/mol. The molecule has 0 spiro atoms. The molecule has 1 N–H and O–H groups in total. The van der Waals surface area contributed by atoms with Gasteiger partial charge < -0.3 is 4.98 Å². The maximum Gasteiger partial charge on any atom is 0.266 e. The first-order valence-corrected chi connectivity index (χ1v) is 11.0. The Morgan fingerprint density at radius 3 is 2.25 bits per heavy atom. The number of nitrogens with one attached hydrogen (secondary N) is 1. The molecule has 0 amide bonds. The van der Waals surface area contributed by atoms with Crippen molar-refractivity contribution in [2.45, 2.75) is 31.1 Å². The lowest BCUT2D eigenvalue weighted by Crippen LogP contribution is -2.20. The largest absolute Gasteiger partial charge is 0.313 e. The molecule has 0 saturated heterocycles. The van der Waals surface area contributed by atoms with Gasteiger partial charge in [-0.05, 0) is 41.0 Å². The van der Waals surface area contributed by atoms with Gasteiger partial charge in [-0.25, -0.2) is 0 Å². The zero-order valence-corrected chi connectivity index (χ0v) is 18.0. The zero-order valence-electron chi connectivity index (χ0n) is 16.4. The molecule has 1 aromatic heterocycles. The quantitative estimate of drug-likeness (QED) is 0.524. The molecular formula is C23H23NO2S2. The summed E-state index contributed by atoms with van der Waals surface area (Å²) in [4.78, 5) is 28.7. The Balaban J connectivity index is 1.89. The minimum atomic E-state index is -0.180. The first kappa shape index (κ1) is 20.4. The summed E-state index contributed by atoms with van der Waals surface area (Å²) < 4.78 is 1.14. The number of thioether (sulfide) groups is 1. The minimum Gasteiger partial charge on any atom is -0.313 e. The molecule has 5 heteroatoms. The average Bonchev–Trinajstić information content (AvgIpc) is 3.00. The van der Waals surface area contributed by atoms with Gasteiger partial charge in [-0.3, -0.25) is 9.59 Å². The molecule has 3 nitrogen and oxygen atoms in total. The zero-order chi connectivity index (χ0) is 20.3. The third kappa shape index (κ3) is 4.91. The van der Waals surface area contributed by atoms with Crippen molar-refractivity contribution in [2.24, 2.45) is 0 Å². The van der Waals surface area contributed by atoms with Gasteiger partial charge in [-0.1, -0.05) is 57.2 Å². The maximum atomic E-state index is 12.5. The van der Waals surface area contributed by atoms with Crippen LogP contribution in [0, 0.1) is 0 Å². The Hall–Kier alpha value is -2.37. The fourth-order valence-corrected chi connectivity index (χ4v) is 4.01. The Morgan fingerprint density at radius 1 is 1.04 bits per heavy atom. The fourth-order valence-electron chi connectivity index (χ4n) is 2.71. The highest BCUT2D eigenvalue weighted by Crippen LogP contribution is 2.22. The van der Waals surface area contributed by atoms with Crippen LogP contribution < -0.4 is 14.8 Å². The molecule has 28 heavy (non-hydrogen) atoms. The summed E-state index contributed by atoms with van der Waals surface area (Å²) in [6.07, 6.45) is 5.36. The van der Waals surface area contributed by atoms with Crippen molar-refractivity contribution in [3.63, 3.8) is 0 Å². The van der Waals surface area contributed by atoms with E-state index in [0.29, 0.717) is 14.8 Å². The van der Waals surface area contributed by atoms with E-state index in [1.54, 1.807) is 11.8 Å². The molecule has 1 heterocycles. The number of hydrogen-bond acceptors (Lipinski definition) is 4. The van der Waals surface area contributed by atoms with Crippen molar-refractivity contribution in [1.29, 1.82) is 0 Å². The molecule has 0 aliphatic heterocycles. The van der Waals surface area contributed by atoms with Crippen LogP contribution in [0.3, 0.4) is 0 Å². The number of aromatic nitrogens is 1. The van der Waals surface area contributed by atoms with E-state index in [1.807, 2.05) is 60.9 Å². The van der Waals surface area contributed by atoms with Crippen molar-refractivity contribution in [3.8, 4) is 0 Å². The lowest BCUT2D eigenvalue weighted by molar-refractivity contribution is 0.106. The second kappa shape index (κ2) is 8.33. The fraction of sp³-hybridized carbons (Fsp3) is 0.217. The van der Waals surface area contributed by atoms with Crippen LogP contribution in [0.15, 0.2) is 58.2 Å². The topological polar surface area (TPSA) is 49.9 Å². The Bertz CT molecular complexity index is 1150. The second-order valence-corrected chi connectivity index (χ2v) is 9.50. The number of rotatable bonds is 4. The van der Waals surface area contributed by atoms with Crippen molar-refractivity contribution in [1.82, 2.24) is 4.98 Å². The molecule has 0 aliphatic rings. The molecule has 0 radical (unpaired) electrons. The van der Waals surface area contributed by atoms with Gasteiger partial charge in [0.1, 0.15) is 0 Å². The number of Topliss-reactive ketones (excluding diaryl/α,β-unsaturated/α-hetero) is 1. The second-order valence-electron chi connectivity index (χ2n) is 7.54. The molecule has 0 bridgehead atoms. The lowest BCUT2D eigenvalue weighted by Gasteiger charge is -2.18. The Morgan fingerprint density at radius 2 is 1.68 bits per heavy atom. The highest BCUT2D eigenvalue weighted by Gasteiger charge is 2.13. The minimum absolute atomic E-state index is 0.0447. The molecule has 0 saturated carbocycles. The van der Waals surface area contributed by atoms with Crippen LogP contribution in [-0.4, -0.2) is 17.0 Å². The van der Waals surface area contributed by atoms with Gasteiger partial charge in [-0.2, -0.15) is 0 Å². The highest BCUT2D eigenvalue weighted by atomic mass is 32.2. The monoisotopic (exact) mass is 409 g/mol. The number of hydrogen-bond donors (Lipinski definition) is 1. The number of H-pyrrole nitrogens is 1. The van der Waals surface area contributed by atoms with E-state index in [1.165, 1.54) is 27.9 Å². The number of carbonyl (C=O) groups is 1. The van der Waals surface area contributed by atoms with Crippen LogP contribution in [0.2, 0.25) is 0 Å². The Kier molecular flexibility index (Phi) is 6.06. The number of aromatic amines is 1. The van der Waals surface area contributed by atoms with E-state index in [-0.39, 0.29) is 16.8 Å². The average molecular weight is 410 g/mol. The van der Waals surface area contributed by atoms with Gasteiger partial charge in [0.15, 0.2) is 5.78 Å². The lowest BCUT2D eigenvalue weighted by atomic mass is 9.86. The van der Waals surface area contributed by atoms with E-state index in [4.69, 9.17) is 0 Å². The highest BCUT2D eigenvalue weighted by molar-refractivity contribution is 7.98. The summed E-state index contributed by atoms with van der Waals surface area (Å²) in [6, 6.07) is 15.7. The van der Waals surface area contributed by atoms with E-state index in [2.05, 4.69) is 25.8 Å². The van der Waals surface area contributed by atoms with Crippen molar-refractivity contribution in [3.05, 3.63) is 84.8 Å². The molecule has 0 aliphatic carbocycles. The van der Waals surface area contributed by atoms with E-state index >= 15 is 0 Å². The molecule has 144 valence electrons. The van der Waals surface area contributed by atoms with Crippen LogP contribution in [-0.2, 0) is 5.41 Å². The summed E-state index contributed by atoms with van der Waals surface area (Å²) in [6.45, 7) is 6.41. The maximum absolute atomic E-state index is 12.5. The first-order valence-electron chi connectivity index (χ1n) is 8.98. The van der Waals surface area contributed by atoms with Crippen molar-refractivity contribution in [2.75, 3.05) is 6.26 Å².